The van der Waals surface area contributed by atoms with Crippen LogP contribution in [0.5, 0.6) is 0 Å². The number of aromatic nitrogens is 1. The van der Waals surface area contributed by atoms with Crippen molar-refractivity contribution in [2.45, 2.75) is 25.9 Å². The number of nitrogens with zero attached hydrogens (tertiary/aromatic N) is 1. The Morgan fingerprint density at radius 3 is 2.89 bits per heavy atom. The SMILES string of the molecule is CC(C)(NCc1ccc2ncccc2c1)C(N)=O. The minimum Gasteiger partial charge on any atom is -0.368 e. The molecule has 18 heavy (non-hydrogen) atoms. The van der Waals surface area contributed by atoms with Crippen LogP contribution in [0.1, 0.15) is 19.4 Å². The standard InChI is InChI=1S/C14H17N3O/c1-14(2,13(15)18)17-9-10-5-6-12-11(8-10)4-3-7-16-12/h3-8,17H,9H2,1-2H3,(H2,15,18). The van der Waals surface area contributed by atoms with E-state index in [0.717, 1.165) is 16.5 Å². The molecule has 0 radical (unpaired) electrons. The summed E-state index contributed by atoms with van der Waals surface area (Å²) in [5, 5.41) is 4.24. The number of primary amides is 1. The average molecular weight is 243 g/mol. The van der Waals surface area contributed by atoms with Gasteiger partial charge >= 0.3 is 0 Å². The van der Waals surface area contributed by atoms with Gasteiger partial charge in [-0.05, 0) is 37.6 Å². The monoisotopic (exact) mass is 243 g/mol. The summed E-state index contributed by atoms with van der Waals surface area (Å²) in [7, 11) is 0. The molecule has 0 bridgehead atoms. The van der Waals surface area contributed by atoms with Crippen molar-refractivity contribution in [2.24, 2.45) is 5.73 Å². The van der Waals surface area contributed by atoms with E-state index in [1.54, 1.807) is 20.0 Å². The van der Waals surface area contributed by atoms with Gasteiger partial charge in [0.1, 0.15) is 0 Å². The molecule has 0 atom stereocenters. The molecule has 0 unspecified atom stereocenters. The fourth-order valence-corrected chi connectivity index (χ4v) is 1.65. The number of carbonyl (C=O) groups is 1. The Morgan fingerprint density at radius 1 is 1.39 bits per heavy atom. The zero-order valence-electron chi connectivity index (χ0n) is 10.6. The summed E-state index contributed by atoms with van der Waals surface area (Å²) in [4.78, 5) is 15.5. The van der Waals surface area contributed by atoms with E-state index in [9.17, 15) is 4.79 Å². The Bertz CT molecular complexity index is 578. The van der Waals surface area contributed by atoms with Crippen LogP contribution in [-0.4, -0.2) is 16.4 Å². The van der Waals surface area contributed by atoms with Gasteiger partial charge in [0, 0.05) is 18.1 Å². The van der Waals surface area contributed by atoms with E-state index < -0.39 is 5.54 Å². The predicted molar refractivity (Wildman–Crippen MR) is 71.9 cm³/mol. The van der Waals surface area contributed by atoms with E-state index in [2.05, 4.69) is 16.4 Å². The summed E-state index contributed by atoms with van der Waals surface area (Å²) in [5.41, 5.74) is 6.68. The molecule has 1 aromatic carbocycles. The van der Waals surface area contributed by atoms with Crippen molar-refractivity contribution >= 4 is 16.8 Å². The second kappa shape index (κ2) is 4.74. The number of carbonyl (C=O) groups excluding carboxylic acids is 1. The lowest BCUT2D eigenvalue weighted by Gasteiger charge is -2.22. The normalized spacial score (nSPS) is 11.7. The van der Waals surface area contributed by atoms with E-state index in [4.69, 9.17) is 5.73 Å². The molecule has 0 saturated carbocycles. The lowest BCUT2D eigenvalue weighted by atomic mass is 10.0. The molecular weight excluding hydrogens is 226 g/mol. The van der Waals surface area contributed by atoms with Gasteiger partial charge in [-0.15, -0.1) is 0 Å². The van der Waals surface area contributed by atoms with E-state index in [1.165, 1.54) is 0 Å². The lowest BCUT2D eigenvalue weighted by Crippen LogP contribution is -2.50. The van der Waals surface area contributed by atoms with Crippen LogP contribution in [-0.2, 0) is 11.3 Å². The van der Waals surface area contributed by atoms with Gasteiger partial charge in [-0.25, -0.2) is 0 Å². The van der Waals surface area contributed by atoms with Gasteiger partial charge in [0.25, 0.3) is 0 Å². The van der Waals surface area contributed by atoms with Crippen molar-refractivity contribution in [2.75, 3.05) is 0 Å². The van der Waals surface area contributed by atoms with Gasteiger partial charge in [0.05, 0.1) is 11.1 Å². The second-order valence-corrected chi connectivity index (χ2v) is 4.87. The summed E-state index contributed by atoms with van der Waals surface area (Å²) in [6, 6.07) is 9.97. The fourth-order valence-electron chi connectivity index (χ4n) is 1.65. The molecule has 0 spiro atoms. The third kappa shape index (κ3) is 2.65. The first kappa shape index (κ1) is 12.5. The first-order valence-corrected chi connectivity index (χ1v) is 5.88. The minimum atomic E-state index is -0.704. The van der Waals surface area contributed by atoms with Crippen molar-refractivity contribution < 1.29 is 4.79 Å². The Morgan fingerprint density at radius 2 is 2.17 bits per heavy atom. The van der Waals surface area contributed by atoms with E-state index >= 15 is 0 Å². The molecule has 2 rings (SSSR count). The molecule has 1 amide bonds. The van der Waals surface area contributed by atoms with Crippen LogP contribution in [0.15, 0.2) is 36.5 Å². The van der Waals surface area contributed by atoms with Crippen LogP contribution in [0.2, 0.25) is 0 Å². The minimum absolute atomic E-state index is 0.357. The van der Waals surface area contributed by atoms with Crippen molar-refractivity contribution in [1.82, 2.24) is 10.3 Å². The smallest absolute Gasteiger partial charge is 0.237 e. The van der Waals surface area contributed by atoms with Crippen molar-refractivity contribution in [1.29, 1.82) is 0 Å². The third-order valence-corrected chi connectivity index (χ3v) is 3.02. The number of amides is 1. The van der Waals surface area contributed by atoms with Crippen LogP contribution < -0.4 is 11.1 Å². The molecule has 4 heteroatoms. The zero-order valence-corrected chi connectivity index (χ0v) is 10.6. The Labute approximate surface area is 106 Å². The van der Waals surface area contributed by atoms with Crippen LogP contribution in [0.25, 0.3) is 10.9 Å². The second-order valence-electron chi connectivity index (χ2n) is 4.87. The number of benzene rings is 1. The first-order chi connectivity index (χ1) is 8.49. The van der Waals surface area contributed by atoms with Crippen molar-refractivity contribution in [3.05, 3.63) is 42.1 Å². The summed E-state index contributed by atoms with van der Waals surface area (Å²) >= 11 is 0. The van der Waals surface area contributed by atoms with Crippen LogP contribution >= 0.6 is 0 Å². The molecule has 4 nitrogen and oxygen atoms in total. The number of rotatable bonds is 4. The van der Waals surface area contributed by atoms with Gasteiger partial charge in [0.2, 0.25) is 5.91 Å². The van der Waals surface area contributed by atoms with Crippen LogP contribution in [0.4, 0.5) is 0 Å². The molecule has 0 aliphatic rings. The predicted octanol–water partition coefficient (Wildman–Crippen LogP) is 1.59. The maximum atomic E-state index is 11.2. The van der Waals surface area contributed by atoms with Crippen molar-refractivity contribution in [3.63, 3.8) is 0 Å². The van der Waals surface area contributed by atoms with E-state index in [0.29, 0.717) is 6.54 Å². The Balaban J connectivity index is 2.15. The maximum Gasteiger partial charge on any atom is 0.237 e. The molecule has 0 aliphatic carbocycles. The lowest BCUT2D eigenvalue weighted by molar-refractivity contribution is -0.123. The quantitative estimate of drug-likeness (QED) is 0.856. The number of fused-ring (bicyclic) bond motifs is 1. The van der Waals surface area contributed by atoms with E-state index in [-0.39, 0.29) is 5.91 Å². The zero-order chi connectivity index (χ0) is 13.2. The Hall–Kier alpha value is -1.94. The number of hydrogen-bond acceptors (Lipinski definition) is 3. The van der Waals surface area contributed by atoms with Crippen LogP contribution in [0.3, 0.4) is 0 Å². The highest BCUT2D eigenvalue weighted by atomic mass is 16.1. The van der Waals surface area contributed by atoms with Crippen LogP contribution in [0, 0.1) is 0 Å². The maximum absolute atomic E-state index is 11.2. The van der Waals surface area contributed by atoms with Gasteiger partial charge < -0.3 is 5.73 Å². The number of hydrogen-bond donors (Lipinski definition) is 2. The highest BCUT2D eigenvalue weighted by Crippen LogP contribution is 2.14. The average Bonchev–Trinajstić information content (AvgIpc) is 2.36. The van der Waals surface area contributed by atoms with Gasteiger partial charge in [0.15, 0.2) is 0 Å². The molecule has 3 N–H and O–H groups in total. The topological polar surface area (TPSA) is 68.0 Å². The molecule has 1 heterocycles. The van der Waals surface area contributed by atoms with Gasteiger partial charge in [-0.2, -0.15) is 0 Å². The molecule has 2 aromatic rings. The molecule has 94 valence electrons. The summed E-state index contributed by atoms with van der Waals surface area (Å²) in [5.74, 6) is -0.357. The third-order valence-electron chi connectivity index (χ3n) is 3.02. The summed E-state index contributed by atoms with van der Waals surface area (Å²) in [6.45, 7) is 4.15. The molecule has 0 aliphatic heterocycles. The van der Waals surface area contributed by atoms with Gasteiger partial charge in [-0.3, -0.25) is 15.1 Å². The summed E-state index contributed by atoms with van der Waals surface area (Å²) < 4.78 is 0. The molecular formula is C14H17N3O. The molecule has 0 fully saturated rings. The highest BCUT2D eigenvalue weighted by Gasteiger charge is 2.23. The molecule has 0 saturated heterocycles. The highest BCUT2D eigenvalue weighted by molar-refractivity contribution is 5.83. The first-order valence-electron chi connectivity index (χ1n) is 5.88. The van der Waals surface area contributed by atoms with E-state index in [1.807, 2.05) is 24.3 Å². The molecule has 1 aromatic heterocycles. The number of nitrogens with one attached hydrogen (secondary N) is 1. The number of nitrogens with two attached hydrogens (primary N) is 1. The Kier molecular flexibility index (Phi) is 3.30. The summed E-state index contributed by atoms with van der Waals surface area (Å²) in [6.07, 6.45) is 1.77. The van der Waals surface area contributed by atoms with Gasteiger partial charge in [-0.1, -0.05) is 12.1 Å². The fraction of sp³-hybridized carbons (Fsp3) is 0.286. The van der Waals surface area contributed by atoms with Crippen molar-refractivity contribution in [3.8, 4) is 0 Å². The largest absolute Gasteiger partial charge is 0.368 e. The number of pyridine rings is 1.